The molecule has 0 radical (unpaired) electrons. The first kappa shape index (κ1) is 23.6. The maximum absolute atomic E-state index is 12.3. The fraction of sp³-hybridized carbons (Fsp3) is 0.480. The zero-order chi connectivity index (χ0) is 24.5. The number of nitrogens with one attached hydrogen (secondary N) is 1. The van der Waals surface area contributed by atoms with Crippen LogP contribution in [0.1, 0.15) is 44.7 Å². The largest absolute Gasteiger partial charge is 0.444 e. The number of benzene rings is 1. The summed E-state index contributed by atoms with van der Waals surface area (Å²) >= 11 is 0. The van der Waals surface area contributed by atoms with E-state index in [1.54, 1.807) is 17.2 Å². The summed E-state index contributed by atoms with van der Waals surface area (Å²) in [6.07, 6.45) is 2.25. The number of aliphatic hydroxyl groups is 1. The summed E-state index contributed by atoms with van der Waals surface area (Å²) in [4.78, 5) is 22.7. The second kappa shape index (κ2) is 9.39. The second-order valence-corrected chi connectivity index (χ2v) is 9.83. The van der Waals surface area contributed by atoms with Crippen LogP contribution in [-0.2, 0) is 11.3 Å². The molecule has 2 aromatic rings. The highest BCUT2D eigenvalue weighted by Gasteiger charge is 2.37. The van der Waals surface area contributed by atoms with Crippen LogP contribution < -0.4 is 20.0 Å². The van der Waals surface area contributed by atoms with Gasteiger partial charge in [0.1, 0.15) is 11.3 Å². The van der Waals surface area contributed by atoms with Gasteiger partial charge in [0.2, 0.25) is 6.35 Å². The SMILES string of the molecule is CN1c2nccc(N3CCC[C@@H](NC(=O)OC(C)(C)C)C3)c2N(Cc2cccc(C#N)c2)C1O. The molecule has 9 heteroatoms. The van der Waals surface area contributed by atoms with Crippen LogP contribution in [0.2, 0.25) is 0 Å². The highest BCUT2D eigenvalue weighted by Crippen LogP contribution is 2.44. The molecule has 34 heavy (non-hydrogen) atoms. The molecule has 0 spiro atoms. The van der Waals surface area contributed by atoms with Crippen LogP contribution in [0, 0.1) is 11.3 Å². The average Bonchev–Trinajstić information content (AvgIpc) is 3.03. The number of amides is 1. The number of alkyl carbamates (subject to hydrolysis) is 1. The molecule has 3 heterocycles. The fourth-order valence-corrected chi connectivity index (χ4v) is 4.54. The number of carbonyl (C=O) groups is 1. The van der Waals surface area contributed by atoms with Gasteiger partial charge in [-0.1, -0.05) is 12.1 Å². The lowest BCUT2D eigenvalue weighted by molar-refractivity contribution is 0.0500. The smallest absolute Gasteiger partial charge is 0.407 e. The van der Waals surface area contributed by atoms with Crippen LogP contribution in [0.4, 0.5) is 22.0 Å². The predicted octanol–water partition coefficient (Wildman–Crippen LogP) is 3.18. The number of pyridine rings is 1. The van der Waals surface area contributed by atoms with Crippen molar-refractivity contribution in [1.29, 1.82) is 5.26 Å². The second-order valence-electron chi connectivity index (χ2n) is 9.83. The van der Waals surface area contributed by atoms with Crippen LogP contribution in [-0.4, -0.2) is 54.3 Å². The van der Waals surface area contributed by atoms with Crippen molar-refractivity contribution in [1.82, 2.24) is 10.3 Å². The number of hydrogen-bond donors (Lipinski definition) is 2. The van der Waals surface area contributed by atoms with Crippen LogP contribution >= 0.6 is 0 Å². The highest BCUT2D eigenvalue weighted by molar-refractivity contribution is 5.86. The van der Waals surface area contributed by atoms with Crippen LogP contribution in [0.3, 0.4) is 0 Å². The van der Waals surface area contributed by atoms with E-state index in [1.165, 1.54) is 0 Å². The minimum absolute atomic E-state index is 0.0442. The van der Waals surface area contributed by atoms with Gasteiger partial charge in [0.25, 0.3) is 0 Å². The summed E-state index contributed by atoms with van der Waals surface area (Å²) in [6.45, 7) is 7.45. The van der Waals surface area contributed by atoms with E-state index in [2.05, 4.69) is 21.3 Å². The average molecular weight is 465 g/mol. The van der Waals surface area contributed by atoms with E-state index in [0.717, 1.165) is 36.3 Å². The summed E-state index contributed by atoms with van der Waals surface area (Å²) in [5, 5.41) is 23.3. The first-order valence-electron chi connectivity index (χ1n) is 11.6. The first-order valence-corrected chi connectivity index (χ1v) is 11.6. The normalized spacial score (nSPS) is 20.1. The minimum Gasteiger partial charge on any atom is -0.444 e. The number of anilines is 3. The van der Waals surface area contributed by atoms with Gasteiger partial charge >= 0.3 is 6.09 Å². The standard InChI is InChI=1S/C25H32N6O3/c1-25(2,3)34-23(32)28-19-9-6-12-30(16-19)20-10-11-27-22-21(20)31(24(33)29(22)4)15-18-8-5-7-17(13-18)14-26/h5,7-8,10-11,13,19,24,33H,6,9,12,15-16H2,1-4H3,(H,28,32)/t19-,24?/m1/s1. The van der Waals surface area contributed by atoms with Crippen molar-refractivity contribution in [3.05, 3.63) is 47.7 Å². The molecule has 0 bridgehead atoms. The molecule has 1 amide bonds. The Hall–Kier alpha value is -3.51. The Kier molecular flexibility index (Phi) is 6.53. The van der Waals surface area contributed by atoms with E-state index in [1.807, 2.05) is 57.0 Å². The quantitative estimate of drug-likeness (QED) is 0.711. The van der Waals surface area contributed by atoms with Crippen LogP contribution in [0.5, 0.6) is 0 Å². The van der Waals surface area contributed by atoms with Gasteiger partial charge in [-0.2, -0.15) is 5.26 Å². The Bertz CT molecular complexity index is 1090. The Balaban J connectivity index is 1.58. The van der Waals surface area contributed by atoms with E-state index in [-0.39, 0.29) is 6.04 Å². The molecular weight excluding hydrogens is 432 g/mol. The lowest BCUT2D eigenvalue weighted by atomic mass is 10.0. The van der Waals surface area contributed by atoms with E-state index in [0.29, 0.717) is 24.5 Å². The molecule has 2 aliphatic heterocycles. The number of fused-ring (bicyclic) bond motifs is 1. The van der Waals surface area contributed by atoms with E-state index in [4.69, 9.17) is 4.74 Å². The summed E-state index contributed by atoms with van der Waals surface area (Å²) in [7, 11) is 1.81. The third-order valence-electron chi connectivity index (χ3n) is 6.02. The molecule has 2 aliphatic rings. The number of nitrogens with zero attached hydrogens (tertiary/aromatic N) is 5. The molecule has 4 rings (SSSR count). The fourth-order valence-electron chi connectivity index (χ4n) is 4.54. The zero-order valence-corrected chi connectivity index (χ0v) is 20.2. The highest BCUT2D eigenvalue weighted by atomic mass is 16.6. The van der Waals surface area contributed by atoms with Crippen LogP contribution in [0.25, 0.3) is 0 Å². The topological polar surface area (TPSA) is 105 Å². The number of aromatic nitrogens is 1. The van der Waals surface area contributed by atoms with Crippen molar-refractivity contribution < 1.29 is 14.6 Å². The minimum atomic E-state index is -0.880. The van der Waals surface area contributed by atoms with Crippen molar-refractivity contribution in [3.8, 4) is 6.07 Å². The molecule has 9 nitrogen and oxygen atoms in total. The maximum Gasteiger partial charge on any atom is 0.407 e. The lowest BCUT2D eigenvalue weighted by Crippen LogP contribution is -2.49. The Morgan fingerprint density at radius 2 is 2.15 bits per heavy atom. The summed E-state index contributed by atoms with van der Waals surface area (Å²) in [5.41, 5.74) is 2.77. The van der Waals surface area contributed by atoms with E-state index >= 15 is 0 Å². The number of carbonyl (C=O) groups excluding carboxylic acids is 1. The molecule has 2 atom stereocenters. The monoisotopic (exact) mass is 464 g/mol. The van der Waals surface area contributed by atoms with Gasteiger partial charge in [0.15, 0.2) is 5.82 Å². The number of aliphatic hydroxyl groups excluding tert-OH is 1. The predicted molar refractivity (Wildman–Crippen MR) is 131 cm³/mol. The van der Waals surface area contributed by atoms with Gasteiger partial charge in [-0.3, -0.25) is 0 Å². The number of rotatable bonds is 4. The Morgan fingerprint density at radius 3 is 2.88 bits per heavy atom. The zero-order valence-electron chi connectivity index (χ0n) is 20.2. The van der Waals surface area contributed by atoms with Gasteiger partial charge in [-0.05, 0) is 57.4 Å². The number of hydrogen-bond acceptors (Lipinski definition) is 8. The summed E-state index contributed by atoms with van der Waals surface area (Å²) in [6, 6.07) is 11.5. The van der Waals surface area contributed by atoms with Gasteiger partial charge < -0.3 is 29.9 Å². The Labute approximate surface area is 200 Å². The van der Waals surface area contributed by atoms with Gasteiger partial charge in [0, 0.05) is 38.9 Å². The molecule has 2 N–H and O–H groups in total. The molecule has 1 saturated heterocycles. The molecule has 1 unspecified atom stereocenters. The van der Waals surface area contributed by atoms with E-state index < -0.39 is 18.0 Å². The summed E-state index contributed by atoms with van der Waals surface area (Å²) < 4.78 is 5.44. The lowest BCUT2D eigenvalue weighted by Gasteiger charge is -2.37. The molecule has 1 aromatic heterocycles. The molecule has 1 aromatic carbocycles. The third kappa shape index (κ3) is 5.02. The maximum atomic E-state index is 12.3. The van der Waals surface area contributed by atoms with Crippen molar-refractivity contribution in [2.75, 3.05) is 34.8 Å². The molecule has 180 valence electrons. The molecular formula is C25H32N6O3. The first-order chi connectivity index (χ1) is 16.2. The number of nitriles is 1. The number of piperidine rings is 1. The van der Waals surface area contributed by atoms with Crippen molar-refractivity contribution in [3.63, 3.8) is 0 Å². The Morgan fingerprint density at radius 1 is 1.35 bits per heavy atom. The van der Waals surface area contributed by atoms with E-state index in [9.17, 15) is 15.2 Å². The van der Waals surface area contributed by atoms with Crippen LogP contribution in [0.15, 0.2) is 36.5 Å². The van der Waals surface area contributed by atoms with Crippen molar-refractivity contribution >= 4 is 23.3 Å². The van der Waals surface area contributed by atoms with Crippen molar-refractivity contribution in [2.45, 2.75) is 58.2 Å². The van der Waals surface area contributed by atoms with Gasteiger partial charge in [-0.25, -0.2) is 9.78 Å². The number of ether oxygens (including phenoxy) is 1. The van der Waals surface area contributed by atoms with Gasteiger partial charge in [0.05, 0.1) is 17.3 Å². The summed E-state index contributed by atoms with van der Waals surface area (Å²) in [5.74, 6) is 0.698. The molecule has 0 saturated carbocycles. The van der Waals surface area contributed by atoms with Gasteiger partial charge in [-0.15, -0.1) is 0 Å². The van der Waals surface area contributed by atoms with Crippen molar-refractivity contribution in [2.24, 2.45) is 0 Å². The molecule has 0 aliphatic carbocycles. The third-order valence-corrected chi connectivity index (χ3v) is 6.02. The molecule has 1 fully saturated rings.